The molecular weight excluding hydrogens is 261 g/mol. The Morgan fingerprint density at radius 2 is 1.78 bits per heavy atom. The van der Waals surface area contributed by atoms with E-state index >= 15 is 0 Å². The van der Waals surface area contributed by atoms with E-state index in [0.717, 1.165) is 17.7 Å². The molecule has 1 N–H and O–H groups in total. The molecule has 0 bridgehead atoms. The van der Waals surface area contributed by atoms with E-state index in [-0.39, 0.29) is 0 Å². The largest absolute Gasteiger partial charge is 0.416 e. The summed E-state index contributed by atoms with van der Waals surface area (Å²) in [6.45, 7) is 1.78. The summed E-state index contributed by atoms with van der Waals surface area (Å²) in [6, 6.07) is 4.92. The number of nitrogens with zero attached hydrogens (tertiary/aromatic N) is 1. The molecular formula is C12H9F3N2S. The van der Waals surface area contributed by atoms with Gasteiger partial charge in [-0.2, -0.15) is 13.2 Å². The molecule has 1 aromatic heterocycles. The lowest BCUT2D eigenvalue weighted by Gasteiger charge is -2.09. The minimum Gasteiger partial charge on any atom is -0.346 e. The van der Waals surface area contributed by atoms with Crippen molar-refractivity contribution in [3.8, 4) is 11.3 Å². The van der Waals surface area contributed by atoms with E-state index in [4.69, 9.17) is 12.2 Å². The summed E-state index contributed by atoms with van der Waals surface area (Å²) in [6.07, 6.45) is -2.89. The molecule has 0 saturated heterocycles. The van der Waals surface area contributed by atoms with Crippen molar-refractivity contribution in [1.82, 2.24) is 9.97 Å². The van der Waals surface area contributed by atoms with Gasteiger partial charge in [0.2, 0.25) is 0 Å². The fourth-order valence-corrected chi connectivity index (χ4v) is 1.75. The zero-order chi connectivity index (χ0) is 13.3. The second-order valence-electron chi connectivity index (χ2n) is 3.78. The van der Waals surface area contributed by atoms with Crippen molar-refractivity contribution in [1.29, 1.82) is 0 Å². The Balaban J connectivity index is 2.47. The topological polar surface area (TPSA) is 28.7 Å². The third-order valence-corrected chi connectivity index (χ3v) is 3.00. The Morgan fingerprint density at radius 3 is 2.33 bits per heavy atom. The first-order valence-electron chi connectivity index (χ1n) is 5.11. The molecule has 0 aliphatic rings. The fraction of sp³-hybridized carbons (Fsp3) is 0.167. The number of nitrogens with one attached hydrogen (secondary N) is 1. The van der Waals surface area contributed by atoms with Crippen LogP contribution in [0.4, 0.5) is 13.2 Å². The van der Waals surface area contributed by atoms with Crippen LogP contribution in [0.2, 0.25) is 0 Å². The first-order chi connectivity index (χ1) is 8.39. The molecule has 0 amide bonds. The highest BCUT2D eigenvalue weighted by Crippen LogP contribution is 2.31. The predicted molar refractivity (Wildman–Crippen MR) is 64.6 cm³/mol. The van der Waals surface area contributed by atoms with Crippen molar-refractivity contribution in [2.75, 3.05) is 0 Å². The molecule has 0 fully saturated rings. The van der Waals surface area contributed by atoms with Gasteiger partial charge in [0.05, 0.1) is 17.6 Å². The van der Waals surface area contributed by atoms with Gasteiger partial charge in [-0.05, 0) is 24.6 Å². The molecule has 0 aliphatic carbocycles. The first-order valence-corrected chi connectivity index (χ1v) is 5.52. The van der Waals surface area contributed by atoms with Gasteiger partial charge in [-0.15, -0.1) is 0 Å². The summed E-state index contributed by atoms with van der Waals surface area (Å²) in [5, 5.41) is 0. The molecule has 1 aromatic carbocycles. The van der Waals surface area contributed by atoms with Crippen molar-refractivity contribution < 1.29 is 13.2 Å². The number of hydrogen-bond donors (Lipinski definition) is 1. The maximum atomic E-state index is 12.4. The highest BCUT2D eigenvalue weighted by atomic mass is 32.1. The van der Waals surface area contributed by atoms with Gasteiger partial charge < -0.3 is 4.98 Å². The van der Waals surface area contributed by atoms with E-state index in [1.54, 1.807) is 6.92 Å². The Bertz CT molecular complexity index is 614. The minimum absolute atomic E-state index is 0.434. The SMILES string of the molecule is Cc1c(-c2ccc(C(F)(F)F)cc2)[nH]cnc1=S. The molecule has 2 rings (SSSR count). The number of hydrogen-bond acceptors (Lipinski definition) is 2. The molecule has 0 aliphatic heterocycles. The lowest BCUT2D eigenvalue weighted by molar-refractivity contribution is -0.137. The quantitative estimate of drug-likeness (QED) is 0.789. The van der Waals surface area contributed by atoms with Crippen LogP contribution in [0.5, 0.6) is 0 Å². The van der Waals surface area contributed by atoms with Crippen molar-refractivity contribution in [2.24, 2.45) is 0 Å². The minimum atomic E-state index is -4.32. The van der Waals surface area contributed by atoms with Gasteiger partial charge in [0, 0.05) is 5.56 Å². The smallest absolute Gasteiger partial charge is 0.346 e. The third-order valence-electron chi connectivity index (χ3n) is 2.59. The number of benzene rings is 1. The summed E-state index contributed by atoms with van der Waals surface area (Å²) in [5.74, 6) is 0. The van der Waals surface area contributed by atoms with Crippen molar-refractivity contribution >= 4 is 12.2 Å². The van der Waals surface area contributed by atoms with Gasteiger partial charge in [0.1, 0.15) is 4.64 Å². The summed E-state index contributed by atoms with van der Waals surface area (Å²) in [5.41, 5.74) is 1.40. The maximum Gasteiger partial charge on any atom is 0.416 e. The fourth-order valence-electron chi connectivity index (χ4n) is 1.59. The third kappa shape index (κ3) is 2.43. The molecule has 94 valence electrons. The Hall–Kier alpha value is -1.69. The molecule has 2 aromatic rings. The zero-order valence-corrected chi connectivity index (χ0v) is 10.2. The van der Waals surface area contributed by atoms with E-state index in [0.29, 0.717) is 15.9 Å². The van der Waals surface area contributed by atoms with Crippen LogP contribution >= 0.6 is 12.2 Å². The molecule has 0 saturated carbocycles. The van der Waals surface area contributed by atoms with E-state index in [9.17, 15) is 13.2 Å². The Labute approximate surface area is 107 Å². The molecule has 6 heteroatoms. The number of aromatic amines is 1. The molecule has 0 atom stereocenters. The van der Waals surface area contributed by atoms with Crippen molar-refractivity contribution in [3.63, 3.8) is 0 Å². The average molecular weight is 270 g/mol. The van der Waals surface area contributed by atoms with Crippen LogP contribution in [0.1, 0.15) is 11.1 Å². The standard InChI is InChI=1S/C12H9F3N2S/c1-7-10(16-6-17-11(7)18)8-2-4-9(5-3-8)12(13,14)15/h2-6H,1H3,(H,16,17,18). The molecule has 0 radical (unpaired) electrons. The van der Waals surface area contributed by atoms with E-state index in [1.165, 1.54) is 18.5 Å². The van der Waals surface area contributed by atoms with Gasteiger partial charge in [-0.1, -0.05) is 24.4 Å². The second-order valence-corrected chi connectivity index (χ2v) is 4.17. The summed E-state index contributed by atoms with van der Waals surface area (Å²) in [7, 11) is 0. The normalized spacial score (nSPS) is 11.6. The predicted octanol–water partition coefficient (Wildman–Crippen LogP) is 4.13. The van der Waals surface area contributed by atoms with Gasteiger partial charge in [-0.3, -0.25) is 0 Å². The van der Waals surface area contributed by atoms with Crippen LogP contribution in [-0.2, 0) is 6.18 Å². The first kappa shape index (κ1) is 12.8. The number of H-pyrrole nitrogens is 1. The number of rotatable bonds is 1. The summed E-state index contributed by atoms with van der Waals surface area (Å²) >= 11 is 5.01. The summed E-state index contributed by atoms with van der Waals surface area (Å²) in [4.78, 5) is 6.79. The second kappa shape index (κ2) is 4.53. The lowest BCUT2D eigenvalue weighted by atomic mass is 10.1. The van der Waals surface area contributed by atoms with Crippen LogP contribution in [0, 0.1) is 11.6 Å². The Kier molecular flexibility index (Phi) is 3.21. The highest BCUT2D eigenvalue weighted by molar-refractivity contribution is 7.71. The van der Waals surface area contributed by atoms with E-state index in [2.05, 4.69) is 9.97 Å². The van der Waals surface area contributed by atoms with Crippen molar-refractivity contribution in [3.05, 3.63) is 46.4 Å². The average Bonchev–Trinajstić information content (AvgIpc) is 2.32. The van der Waals surface area contributed by atoms with Gasteiger partial charge in [-0.25, -0.2) is 4.98 Å². The van der Waals surface area contributed by atoms with Gasteiger partial charge in [0.15, 0.2) is 0 Å². The monoisotopic (exact) mass is 270 g/mol. The molecule has 18 heavy (non-hydrogen) atoms. The maximum absolute atomic E-state index is 12.4. The van der Waals surface area contributed by atoms with Crippen LogP contribution in [-0.4, -0.2) is 9.97 Å². The molecule has 0 spiro atoms. The number of halogens is 3. The molecule has 2 nitrogen and oxygen atoms in total. The zero-order valence-electron chi connectivity index (χ0n) is 9.38. The van der Waals surface area contributed by atoms with Gasteiger partial charge >= 0.3 is 6.18 Å². The molecule has 1 heterocycles. The summed E-state index contributed by atoms with van der Waals surface area (Å²) < 4.78 is 37.7. The van der Waals surface area contributed by atoms with Crippen LogP contribution in [0.15, 0.2) is 30.6 Å². The van der Waals surface area contributed by atoms with Crippen molar-refractivity contribution in [2.45, 2.75) is 13.1 Å². The highest BCUT2D eigenvalue weighted by Gasteiger charge is 2.30. The van der Waals surface area contributed by atoms with Crippen LogP contribution in [0.3, 0.4) is 0 Å². The Morgan fingerprint density at radius 1 is 1.17 bits per heavy atom. The van der Waals surface area contributed by atoms with Crippen LogP contribution in [0.25, 0.3) is 11.3 Å². The van der Waals surface area contributed by atoms with Crippen LogP contribution < -0.4 is 0 Å². The van der Waals surface area contributed by atoms with Gasteiger partial charge in [0.25, 0.3) is 0 Å². The van der Waals surface area contributed by atoms with E-state index < -0.39 is 11.7 Å². The lowest BCUT2D eigenvalue weighted by Crippen LogP contribution is -2.04. The number of alkyl halides is 3. The van der Waals surface area contributed by atoms with E-state index in [1.807, 2.05) is 0 Å². The number of aromatic nitrogens is 2. The molecule has 0 unspecified atom stereocenters.